The number of rotatable bonds is 8. The summed E-state index contributed by atoms with van der Waals surface area (Å²) in [6, 6.07) is 7.07. The molecule has 0 aliphatic carbocycles. The topological polar surface area (TPSA) is 75.3 Å². The van der Waals surface area contributed by atoms with Gasteiger partial charge in [-0.15, -0.1) is 0 Å². The molecule has 0 radical (unpaired) electrons. The summed E-state index contributed by atoms with van der Waals surface area (Å²) in [7, 11) is 5.62. The molecule has 0 saturated heterocycles. The van der Waals surface area contributed by atoms with Gasteiger partial charge in [0, 0.05) is 17.3 Å². The fraction of sp³-hybridized carbons (Fsp3) is 0.278. The highest BCUT2D eigenvalue weighted by atomic mass is 19.3. The van der Waals surface area contributed by atoms with E-state index >= 15 is 0 Å². The van der Waals surface area contributed by atoms with E-state index in [0.29, 0.717) is 17.2 Å². The molecule has 0 aromatic heterocycles. The lowest BCUT2D eigenvalue weighted by molar-refractivity contribution is -0.0511. The molecule has 2 aromatic carbocycles. The number of ether oxygens (including phenoxy) is 5. The molecule has 2 aromatic rings. The number of nitrogens with one attached hydrogen (secondary N) is 1. The first-order valence-corrected chi connectivity index (χ1v) is 7.67. The van der Waals surface area contributed by atoms with Gasteiger partial charge >= 0.3 is 6.61 Å². The summed E-state index contributed by atoms with van der Waals surface area (Å²) in [6.45, 7) is -3.03. The van der Waals surface area contributed by atoms with E-state index in [1.807, 2.05) is 0 Å². The summed E-state index contributed by atoms with van der Waals surface area (Å²) in [6.07, 6.45) is 0. The molecule has 146 valence electrons. The Kier molecular flexibility index (Phi) is 6.64. The first-order chi connectivity index (χ1) is 12.9. The van der Waals surface area contributed by atoms with Crippen LogP contribution < -0.4 is 29.0 Å². The number of carbonyl (C=O) groups excluding carboxylic acids is 1. The minimum atomic E-state index is -3.03. The smallest absolute Gasteiger partial charge is 0.387 e. The van der Waals surface area contributed by atoms with E-state index in [2.05, 4.69) is 10.1 Å². The first kappa shape index (κ1) is 20.1. The molecule has 0 heterocycles. The van der Waals surface area contributed by atoms with Gasteiger partial charge in [-0.1, -0.05) is 0 Å². The average Bonchev–Trinajstić information content (AvgIpc) is 2.66. The summed E-state index contributed by atoms with van der Waals surface area (Å²) in [4.78, 5) is 12.6. The van der Waals surface area contributed by atoms with Crippen molar-refractivity contribution in [2.24, 2.45) is 0 Å². The van der Waals surface area contributed by atoms with Crippen molar-refractivity contribution in [3.05, 3.63) is 35.9 Å². The van der Waals surface area contributed by atoms with Gasteiger partial charge in [0.1, 0.15) is 0 Å². The van der Waals surface area contributed by atoms with E-state index in [-0.39, 0.29) is 22.7 Å². The molecule has 0 unspecified atom stereocenters. The largest absolute Gasteiger partial charge is 0.493 e. The van der Waals surface area contributed by atoms with Crippen LogP contribution in [0.15, 0.2) is 30.3 Å². The van der Waals surface area contributed by atoms with Crippen LogP contribution >= 0.6 is 0 Å². The van der Waals surface area contributed by atoms with Crippen LogP contribution in [0.1, 0.15) is 10.4 Å². The molecule has 0 spiro atoms. The van der Waals surface area contributed by atoms with E-state index in [9.17, 15) is 13.6 Å². The maximum atomic E-state index is 12.6. The second kappa shape index (κ2) is 8.93. The molecule has 7 nitrogen and oxygen atoms in total. The molecule has 1 N–H and O–H groups in total. The molecule has 0 bridgehead atoms. The summed E-state index contributed by atoms with van der Waals surface area (Å²) in [5, 5.41) is 2.59. The molecular formula is C18H19F2NO6. The lowest BCUT2D eigenvalue weighted by Gasteiger charge is -2.15. The number of hydrogen-bond acceptors (Lipinski definition) is 6. The van der Waals surface area contributed by atoms with Crippen LogP contribution in [0.25, 0.3) is 0 Å². The number of anilines is 1. The third kappa shape index (κ3) is 4.69. The van der Waals surface area contributed by atoms with Gasteiger partial charge in [-0.3, -0.25) is 4.79 Å². The van der Waals surface area contributed by atoms with Gasteiger partial charge in [0.25, 0.3) is 5.91 Å². The number of benzene rings is 2. The Morgan fingerprint density at radius 2 is 1.44 bits per heavy atom. The monoisotopic (exact) mass is 383 g/mol. The zero-order valence-corrected chi connectivity index (χ0v) is 15.2. The predicted molar refractivity (Wildman–Crippen MR) is 93.7 cm³/mol. The molecule has 2 rings (SSSR count). The van der Waals surface area contributed by atoms with Crippen LogP contribution in [0.2, 0.25) is 0 Å². The molecule has 1 amide bonds. The average molecular weight is 383 g/mol. The van der Waals surface area contributed by atoms with Gasteiger partial charge in [-0.2, -0.15) is 8.78 Å². The normalized spacial score (nSPS) is 10.3. The van der Waals surface area contributed by atoms with E-state index < -0.39 is 12.5 Å². The maximum Gasteiger partial charge on any atom is 0.387 e. The Bertz CT molecular complexity index is 787. The minimum absolute atomic E-state index is 0.112. The van der Waals surface area contributed by atoms with Gasteiger partial charge in [0.15, 0.2) is 23.0 Å². The van der Waals surface area contributed by atoms with Crippen LogP contribution in [0.5, 0.6) is 28.7 Å². The molecule has 0 aliphatic rings. The van der Waals surface area contributed by atoms with Gasteiger partial charge in [-0.05, 0) is 24.3 Å². The fourth-order valence-corrected chi connectivity index (χ4v) is 2.36. The second-order valence-electron chi connectivity index (χ2n) is 5.11. The lowest BCUT2D eigenvalue weighted by Crippen LogP contribution is -2.13. The van der Waals surface area contributed by atoms with Crippen molar-refractivity contribution in [1.29, 1.82) is 0 Å². The lowest BCUT2D eigenvalue weighted by atomic mass is 10.1. The second-order valence-corrected chi connectivity index (χ2v) is 5.11. The Hall–Kier alpha value is -3.23. The third-order valence-electron chi connectivity index (χ3n) is 3.56. The van der Waals surface area contributed by atoms with Gasteiger partial charge in [-0.25, -0.2) is 0 Å². The summed E-state index contributed by atoms with van der Waals surface area (Å²) >= 11 is 0. The van der Waals surface area contributed by atoms with E-state index in [1.54, 1.807) is 0 Å². The van der Waals surface area contributed by atoms with Crippen molar-refractivity contribution < 1.29 is 37.3 Å². The molecule has 0 fully saturated rings. The Morgan fingerprint density at radius 1 is 0.852 bits per heavy atom. The number of amides is 1. The van der Waals surface area contributed by atoms with Gasteiger partial charge < -0.3 is 29.0 Å². The molecule has 0 saturated carbocycles. The van der Waals surface area contributed by atoms with Crippen LogP contribution in [-0.4, -0.2) is 41.0 Å². The minimum Gasteiger partial charge on any atom is -0.493 e. The zero-order valence-electron chi connectivity index (χ0n) is 15.2. The fourth-order valence-electron chi connectivity index (χ4n) is 2.36. The van der Waals surface area contributed by atoms with E-state index in [4.69, 9.17) is 18.9 Å². The molecule has 9 heteroatoms. The predicted octanol–water partition coefficient (Wildman–Crippen LogP) is 3.57. The summed E-state index contributed by atoms with van der Waals surface area (Å²) < 4.78 is 50.0. The van der Waals surface area contributed by atoms with Gasteiger partial charge in [0.2, 0.25) is 5.75 Å². The number of methoxy groups -OCH3 is 4. The third-order valence-corrected chi connectivity index (χ3v) is 3.56. The Balaban J connectivity index is 2.32. The van der Waals surface area contributed by atoms with Crippen molar-refractivity contribution in [2.45, 2.75) is 6.61 Å². The molecular weight excluding hydrogens is 364 g/mol. The van der Waals surface area contributed by atoms with Crippen molar-refractivity contribution in [3.63, 3.8) is 0 Å². The number of hydrogen-bond donors (Lipinski definition) is 1. The highest BCUT2D eigenvalue weighted by Crippen LogP contribution is 2.38. The van der Waals surface area contributed by atoms with Crippen molar-refractivity contribution >= 4 is 11.6 Å². The standard InChI is InChI=1S/C18H19F2NO6/c1-23-12-6-5-11(9-13(12)27-18(19)20)21-17(22)10-7-14(24-2)16(26-4)15(8-10)25-3/h5-9,18H,1-4H3,(H,21,22). The summed E-state index contributed by atoms with van der Waals surface area (Å²) in [5.41, 5.74) is 0.460. The van der Waals surface area contributed by atoms with Gasteiger partial charge in [0.05, 0.1) is 28.4 Å². The zero-order chi connectivity index (χ0) is 20.0. The number of carbonyl (C=O) groups is 1. The Labute approximate surface area is 154 Å². The summed E-state index contributed by atoms with van der Waals surface area (Å²) in [5.74, 6) is 0.351. The van der Waals surface area contributed by atoms with E-state index in [0.717, 1.165) is 0 Å². The number of alkyl halides is 2. The van der Waals surface area contributed by atoms with E-state index in [1.165, 1.54) is 58.8 Å². The quantitative estimate of drug-likeness (QED) is 0.751. The van der Waals surface area contributed by atoms with Crippen molar-refractivity contribution in [3.8, 4) is 28.7 Å². The molecule has 27 heavy (non-hydrogen) atoms. The maximum absolute atomic E-state index is 12.6. The van der Waals surface area contributed by atoms with Crippen molar-refractivity contribution in [2.75, 3.05) is 33.8 Å². The molecule has 0 aliphatic heterocycles. The Morgan fingerprint density at radius 3 is 1.93 bits per heavy atom. The van der Waals surface area contributed by atoms with Crippen LogP contribution in [-0.2, 0) is 0 Å². The van der Waals surface area contributed by atoms with Crippen LogP contribution in [0.4, 0.5) is 14.5 Å². The van der Waals surface area contributed by atoms with Crippen LogP contribution in [0.3, 0.4) is 0 Å². The van der Waals surface area contributed by atoms with Crippen molar-refractivity contribution in [1.82, 2.24) is 0 Å². The molecule has 0 atom stereocenters. The van der Waals surface area contributed by atoms with Crippen LogP contribution in [0, 0.1) is 0 Å². The SMILES string of the molecule is COc1ccc(NC(=O)c2cc(OC)c(OC)c(OC)c2)cc1OC(F)F. The first-order valence-electron chi connectivity index (χ1n) is 7.67. The highest BCUT2D eigenvalue weighted by Gasteiger charge is 2.18. The highest BCUT2D eigenvalue weighted by molar-refractivity contribution is 6.05. The number of halogens is 2.